The monoisotopic (exact) mass is 522 g/mol. The number of benzene rings is 2. The smallest absolute Gasteiger partial charge is 0.384 e. The first-order valence-electron chi connectivity index (χ1n) is 11.1. The molecule has 0 fully saturated rings. The van der Waals surface area contributed by atoms with Gasteiger partial charge in [0.1, 0.15) is 6.04 Å². The minimum Gasteiger partial charge on any atom is -0.384 e. The fourth-order valence-electron chi connectivity index (χ4n) is 4.32. The number of alkyl halides is 3. The number of rotatable bonds is 6. The van der Waals surface area contributed by atoms with Crippen molar-refractivity contribution in [1.82, 2.24) is 5.16 Å². The second kappa shape index (κ2) is 9.20. The van der Waals surface area contributed by atoms with E-state index < -0.39 is 32.7 Å². The van der Waals surface area contributed by atoms with E-state index in [2.05, 4.69) is 5.16 Å². The number of halogens is 4. The Hall–Kier alpha value is -2.46. The number of methoxy groups -OCH3 is 1. The molecule has 1 aromatic heterocycles. The maximum atomic E-state index is 14.5. The lowest BCUT2D eigenvalue weighted by Gasteiger charge is -2.40. The van der Waals surface area contributed by atoms with Crippen molar-refractivity contribution >= 4 is 25.6 Å². The summed E-state index contributed by atoms with van der Waals surface area (Å²) in [5.74, 6) is -2.63. The summed E-state index contributed by atoms with van der Waals surface area (Å²) in [7, 11) is -1.70. The van der Waals surface area contributed by atoms with E-state index in [-0.39, 0.29) is 5.76 Å². The molecule has 3 aromatic rings. The van der Waals surface area contributed by atoms with E-state index in [0.717, 1.165) is 18.2 Å². The molecule has 0 aliphatic carbocycles. The normalized spacial score (nSPS) is 17.7. The van der Waals surface area contributed by atoms with E-state index in [1.165, 1.54) is 0 Å². The SMILES string of the molecule is COC(C[C@@H]1N=C(c2ccc(Cl)cc2)c2ccccc2-c2c(C)noc21)(O[Si](C)(C)C)C(F)(F)F. The fraction of sp³-hybridized carbons (Fsp3) is 0.360. The lowest BCUT2D eigenvalue weighted by molar-refractivity contribution is -0.352. The molecule has 0 saturated carbocycles. The highest BCUT2D eigenvalue weighted by Gasteiger charge is 2.60. The number of ether oxygens (including phenoxy) is 1. The third-order valence-corrected chi connectivity index (χ3v) is 6.93. The van der Waals surface area contributed by atoms with Gasteiger partial charge in [-0.15, -0.1) is 0 Å². The van der Waals surface area contributed by atoms with Crippen LogP contribution in [0, 0.1) is 6.92 Å². The van der Waals surface area contributed by atoms with Gasteiger partial charge in [0.15, 0.2) is 14.1 Å². The van der Waals surface area contributed by atoms with Crippen LogP contribution in [0.1, 0.15) is 35.0 Å². The molecule has 2 aromatic carbocycles. The Bertz CT molecular complexity index is 1250. The Morgan fingerprint density at radius 3 is 2.23 bits per heavy atom. The summed E-state index contributed by atoms with van der Waals surface area (Å²) in [4.78, 5) is 4.84. The number of hydrogen-bond donors (Lipinski definition) is 0. The average molecular weight is 523 g/mol. The van der Waals surface area contributed by atoms with Crippen LogP contribution in [0.4, 0.5) is 13.2 Å². The Balaban J connectivity index is 1.96. The maximum absolute atomic E-state index is 14.5. The molecule has 5 nitrogen and oxygen atoms in total. The van der Waals surface area contributed by atoms with Crippen LogP contribution in [0.5, 0.6) is 0 Å². The molecule has 186 valence electrons. The second-order valence-corrected chi connectivity index (χ2v) is 14.3. The summed E-state index contributed by atoms with van der Waals surface area (Å²) < 4.78 is 60.0. The topological polar surface area (TPSA) is 56.9 Å². The quantitative estimate of drug-likeness (QED) is 0.251. The van der Waals surface area contributed by atoms with E-state index in [1.54, 1.807) is 50.8 Å². The molecule has 2 heterocycles. The molecule has 0 bridgehead atoms. The van der Waals surface area contributed by atoms with Crippen molar-refractivity contribution < 1.29 is 26.9 Å². The van der Waals surface area contributed by atoms with Gasteiger partial charge in [-0.05, 0) is 44.3 Å². The van der Waals surface area contributed by atoms with Gasteiger partial charge in [-0.2, -0.15) is 13.2 Å². The lowest BCUT2D eigenvalue weighted by Crippen LogP contribution is -2.55. The summed E-state index contributed by atoms with van der Waals surface area (Å²) in [6, 6.07) is 13.4. The van der Waals surface area contributed by atoms with Crippen molar-refractivity contribution in [3.8, 4) is 11.1 Å². The van der Waals surface area contributed by atoms with Gasteiger partial charge in [0.05, 0.1) is 17.0 Å². The standard InChI is InChI=1S/C25H26ClF3N2O3Si/c1-15-21-18-8-6-7-9-19(18)22(16-10-12-17(26)13-11-16)30-20(23(21)33-31-15)14-24(32-2,25(27,28)29)34-35(3,4)5/h6-13,20H,14H2,1-5H3/t20-,24?/m0/s1. The molecule has 10 heteroatoms. The van der Waals surface area contributed by atoms with Crippen LogP contribution < -0.4 is 0 Å². The average Bonchev–Trinajstić information content (AvgIpc) is 3.09. The Morgan fingerprint density at radius 2 is 1.66 bits per heavy atom. The minimum atomic E-state index is -4.81. The van der Waals surface area contributed by atoms with Crippen molar-refractivity contribution in [3.63, 3.8) is 0 Å². The minimum absolute atomic E-state index is 0.240. The van der Waals surface area contributed by atoms with Gasteiger partial charge >= 0.3 is 6.18 Å². The van der Waals surface area contributed by atoms with Crippen molar-refractivity contribution in [2.24, 2.45) is 4.99 Å². The Kier molecular flexibility index (Phi) is 6.74. The molecule has 4 rings (SSSR count). The number of fused-ring (bicyclic) bond motifs is 3. The second-order valence-electron chi connectivity index (χ2n) is 9.43. The molecule has 0 spiro atoms. The molecular weight excluding hydrogens is 497 g/mol. The molecule has 1 aliphatic heterocycles. The first kappa shape index (κ1) is 25.6. The molecule has 1 unspecified atom stereocenters. The molecular formula is C25H26ClF3N2O3Si. The molecule has 1 aliphatic rings. The first-order valence-corrected chi connectivity index (χ1v) is 14.9. The number of nitrogens with zero attached hydrogens (tertiary/aromatic N) is 2. The highest BCUT2D eigenvalue weighted by Crippen LogP contribution is 2.47. The van der Waals surface area contributed by atoms with E-state index in [0.29, 0.717) is 27.6 Å². The van der Waals surface area contributed by atoms with Crippen LogP contribution in [-0.4, -0.2) is 38.3 Å². The van der Waals surface area contributed by atoms with Crippen LogP contribution in [0.3, 0.4) is 0 Å². The summed E-state index contributed by atoms with van der Waals surface area (Å²) in [5, 5.41) is 4.62. The fourth-order valence-corrected chi connectivity index (χ4v) is 5.71. The number of aryl methyl sites for hydroxylation is 1. The summed E-state index contributed by atoms with van der Waals surface area (Å²) in [5.41, 5.74) is 3.95. The van der Waals surface area contributed by atoms with Gasteiger partial charge in [-0.1, -0.05) is 53.2 Å². The van der Waals surface area contributed by atoms with Crippen molar-refractivity contribution in [3.05, 3.63) is 76.1 Å². The van der Waals surface area contributed by atoms with Crippen molar-refractivity contribution in [2.75, 3.05) is 7.11 Å². The molecule has 0 saturated heterocycles. The third kappa shape index (κ3) is 4.95. The molecule has 0 N–H and O–H groups in total. The van der Waals surface area contributed by atoms with Gasteiger partial charge in [0.2, 0.25) is 0 Å². The number of hydrogen-bond acceptors (Lipinski definition) is 5. The van der Waals surface area contributed by atoms with Crippen LogP contribution >= 0.6 is 11.6 Å². The largest absolute Gasteiger partial charge is 0.442 e. The Labute approximate surface area is 208 Å². The number of aliphatic imine (C=N–C) groups is 1. The van der Waals surface area contributed by atoms with Gasteiger partial charge in [0, 0.05) is 29.7 Å². The van der Waals surface area contributed by atoms with Crippen molar-refractivity contribution in [2.45, 2.75) is 51.0 Å². The molecule has 0 radical (unpaired) electrons. The zero-order chi connectivity index (χ0) is 25.6. The maximum Gasteiger partial charge on any atom is 0.442 e. The molecule has 35 heavy (non-hydrogen) atoms. The van der Waals surface area contributed by atoms with Crippen LogP contribution in [-0.2, 0) is 9.16 Å². The number of aromatic nitrogens is 1. The van der Waals surface area contributed by atoms with Crippen LogP contribution in [0.25, 0.3) is 11.1 Å². The van der Waals surface area contributed by atoms with Gasteiger partial charge in [-0.3, -0.25) is 4.99 Å². The third-order valence-electron chi connectivity index (χ3n) is 5.74. The summed E-state index contributed by atoms with van der Waals surface area (Å²) in [6.45, 7) is 6.81. The molecule has 0 amide bonds. The molecule has 2 atom stereocenters. The Morgan fingerprint density at radius 1 is 1.03 bits per heavy atom. The van der Waals surface area contributed by atoms with E-state index >= 15 is 0 Å². The summed E-state index contributed by atoms with van der Waals surface area (Å²) in [6.07, 6.45) is -5.45. The summed E-state index contributed by atoms with van der Waals surface area (Å²) >= 11 is 6.09. The zero-order valence-corrected chi connectivity index (χ0v) is 21.8. The predicted octanol–water partition coefficient (Wildman–Crippen LogP) is 7.34. The van der Waals surface area contributed by atoms with E-state index in [4.69, 9.17) is 30.3 Å². The van der Waals surface area contributed by atoms with Crippen molar-refractivity contribution in [1.29, 1.82) is 0 Å². The van der Waals surface area contributed by atoms with Crippen LogP contribution in [0.2, 0.25) is 24.7 Å². The zero-order valence-electron chi connectivity index (χ0n) is 20.0. The van der Waals surface area contributed by atoms with Crippen LogP contribution in [0.15, 0.2) is 58.0 Å². The first-order chi connectivity index (χ1) is 16.4. The van der Waals surface area contributed by atoms with Gasteiger partial charge in [-0.25, -0.2) is 0 Å². The predicted molar refractivity (Wildman–Crippen MR) is 131 cm³/mol. The van der Waals surface area contributed by atoms with Gasteiger partial charge < -0.3 is 13.7 Å². The van der Waals surface area contributed by atoms with E-state index in [1.807, 2.05) is 24.3 Å². The highest BCUT2D eigenvalue weighted by molar-refractivity contribution is 6.69. The lowest BCUT2D eigenvalue weighted by atomic mass is 9.92. The highest BCUT2D eigenvalue weighted by atomic mass is 35.5. The van der Waals surface area contributed by atoms with E-state index in [9.17, 15) is 13.2 Å². The van der Waals surface area contributed by atoms with Gasteiger partial charge in [0.25, 0.3) is 5.79 Å².